The number of ether oxygens (including phenoxy) is 1. The summed E-state index contributed by atoms with van der Waals surface area (Å²) >= 11 is 0. The molecule has 5 heteroatoms. The summed E-state index contributed by atoms with van der Waals surface area (Å²) in [7, 11) is 0. The number of fused-ring (bicyclic) bond motifs is 1. The van der Waals surface area contributed by atoms with Crippen LogP contribution in [0.3, 0.4) is 0 Å². The van der Waals surface area contributed by atoms with Crippen LogP contribution in [0, 0.1) is 13.8 Å². The Morgan fingerprint density at radius 1 is 1.07 bits per heavy atom. The van der Waals surface area contributed by atoms with Crippen molar-refractivity contribution in [2.45, 2.75) is 33.6 Å². The molecule has 0 saturated carbocycles. The molecule has 0 aliphatic carbocycles. The van der Waals surface area contributed by atoms with E-state index in [0.29, 0.717) is 10.9 Å². The van der Waals surface area contributed by atoms with Gasteiger partial charge in [-0.1, -0.05) is 44.2 Å². The Bertz CT molecular complexity index is 1040. The molecule has 1 amide bonds. The average Bonchev–Trinajstić information content (AvgIpc) is 2.68. The first-order valence-corrected chi connectivity index (χ1v) is 9.29. The summed E-state index contributed by atoms with van der Waals surface area (Å²) in [5.74, 6) is -0.732. The molecular weight excluding hydrogens is 352 g/mol. The number of esters is 1. The second kappa shape index (κ2) is 8.21. The maximum absolute atomic E-state index is 12.7. The topological polar surface area (TPSA) is 68.3 Å². The number of hydrogen-bond acceptors (Lipinski definition) is 4. The van der Waals surface area contributed by atoms with Gasteiger partial charge in [0.25, 0.3) is 5.91 Å². The van der Waals surface area contributed by atoms with Crippen LogP contribution in [-0.2, 0) is 9.53 Å². The first-order chi connectivity index (χ1) is 13.3. The molecular formula is C23H24N2O3. The standard InChI is InChI=1S/C23H24N2O3/c1-14(2)20-12-18(17-7-5-6-8-19(17)24-20)23(27)28-13-22(26)25-21-11-15(3)9-10-16(21)4/h5-12,14H,13H2,1-4H3,(H,25,26). The van der Waals surface area contributed by atoms with E-state index in [1.807, 2.05) is 70.2 Å². The Balaban J connectivity index is 1.76. The van der Waals surface area contributed by atoms with Gasteiger partial charge in [0.2, 0.25) is 0 Å². The van der Waals surface area contributed by atoms with E-state index in [2.05, 4.69) is 10.3 Å². The molecule has 28 heavy (non-hydrogen) atoms. The van der Waals surface area contributed by atoms with E-state index >= 15 is 0 Å². The number of amides is 1. The summed E-state index contributed by atoms with van der Waals surface area (Å²) < 4.78 is 5.30. The van der Waals surface area contributed by atoms with Crippen LogP contribution in [0.2, 0.25) is 0 Å². The van der Waals surface area contributed by atoms with Gasteiger partial charge in [0.15, 0.2) is 6.61 Å². The molecule has 1 heterocycles. The molecule has 0 atom stereocenters. The third-order valence-electron chi connectivity index (χ3n) is 4.55. The second-order valence-electron chi connectivity index (χ2n) is 7.21. The average molecular weight is 376 g/mol. The number of benzene rings is 2. The van der Waals surface area contributed by atoms with Crippen molar-refractivity contribution < 1.29 is 14.3 Å². The number of carbonyl (C=O) groups excluding carboxylic acids is 2. The molecule has 0 radical (unpaired) electrons. The van der Waals surface area contributed by atoms with Gasteiger partial charge in [0.05, 0.1) is 11.1 Å². The van der Waals surface area contributed by atoms with Gasteiger partial charge in [-0.25, -0.2) is 4.79 Å². The molecule has 0 saturated heterocycles. The molecule has 2 aromatic carbocycles. The van der Waals surface area contributed by atoms with Crippen molar-refractivity contribution in [1.29, 1.82) is 0 Å². The third kappa shape index (κ3) is 4.36. The van der Waals surface area contributed by atoms with Crippen LogP contribution in [-0.4, -0.2) is 23.5 Å². The third-order valence-corrected chi connectivity index (χ3v) is 4.55. The molecule has 0 unspecified atom stereocenters. The fourth-order valence-corrected chi connectivity index (χ4v) is 2.93. The first kappa shape index (κ1) is 19.5. The Labute approximate surface area is 164 Å². The van der Waals surface area contributed by atoms with E-state index in [1.165, 1.54) is 0 Å². The highest BCUT2D eigenvalue weighted by atomic mass is 16.5. The van der Waals surface area contributed by atoms with Crippen molar-refractivity contribution in [1.82, 2.24) is 4.98 Å². The Morgan fingerprint density at radius 2 is 1.82 bits per heavy atom. The van der Waals surface area contributed by atoms with Crippen LogP contribution >= 0.6 is 0 Å². The highest BCUT2D eigenvalue weighted by molar-refractivity contribution is 6.04. The minimum absolute atomic E-state index is 0.170. The van der Waals surface area contributed by atoms with E-state index in [0.717, 1.165) is 28.0 Å². The quantitative estimate of drug-likeness (QED) is 0.651. The van der Waals surface area contributed by atoms with E-state index < -0.39 is 5.97 Å². The van der Waals surface area contributed by atoms with Crippen molar-refractivity contribution in [2.24, 2.45) is 0 Å². The lowest BCUT2D eigenvalue weighted by Crippen LogP contribution is -2.21. The number of pyridine rings is 1. The van der Waals surface area contributed by atoms with Crippen molar-refractivity contribution in [3.05, 3.63) is 70.9 Å². The van der Waals surface area contributed by atoms with Gasteiger partial charge in [0.1, 0.15) is 0 Å². The highest BCUT2D eigenvalue weighted by Gasteiger charge is 2.17. The molecule has 5 nitrogen and oxygen atoms in total. The van der Waals surface area contributed by atoms with Crippen LogP contribution in [0.25, 0.3) is 10.9 Å². The summed E-state index contributed by atoms with van der Waals surface area (Å²) in [5.41, 5.74) is 4.69. The fraction of sp³-hybridized carbons (Fsp3) is 0.261. The van der Waals surface area contributed by atoms with Crippen molar-refractivity contribution in [2.75, 3.05) is 11.9 Å². The van der Waals surface area contributed by atoms with Gasteiger partial charge in [-0.2, -0.15) is 0 Å². The number of aromatic nitrogens is 1. The number of rotatable bonds is 5. The molecule has 0 spiro atoms. The number of hydrogen-bond donors (Lipinski definition) is 1. The van der Waals surface area contributed by atoms with E-state index in [9.17, 15) is 9.59 Å². The van der Waals surface area contributed by atoms with Crippen LogP contribution in [0.1, 0.15) is 46.9 Å². The number of anilines is 1. The predicted molar refractivity (Wildman–Crippen MR) is 111 cm³/mol. The summed E-state index contributed by atoms with van der Waals surface area (Å²) in [6, 6.07) is 15.0. The van der Waals surface area contributed by atoms with Gasteiger partial charge >= 0.3 is 5.97 Å². The SMILES string of the molecule is Cc1ccc(C)c(NC(=O)COC(=O)c2cc(C(C)C)nc3ccccc23)c1. The monoisotopic (exact) mass is 376 g/mol. The van der Waals surface area contributed by atoms with Crippen LogP contribution in [0.15, 0.2) is 48.5 Å². The Kier molecular flexibility index (Phi) is 5.73. The zero-order valence-electron chi connectivity index (χ0n) is 16.6. The molecule has 1 aromatic heterocycles. The zero-order chi connectivity index (χ0) is 20.3. The smallest absolute Gasteiger partial charge is 0.339 e. The lowest BCUT2D eigenvalue weighted by molar-refractivity contribution is -0.119. The maximum Gasteiger partial charge on any atom is 0.339 e. The molecule has 3 aromatic rings. The van der Waals surface area contributed by atoms with Gasteiger partial charge in [0, 0.05) is 16.8 Å². The van der Waals surface area contributed by atoms with Crippen LogP contribution in [0.5, 0.6) is 0 Å². The Hall–Kier alpha value is -3.21. The van der Waals surface area contributed by atoms with Crippen molar-refractivity contribution >= 4 is 28.5 Å². The zero-order valence-corrected chi connectivity index (χ0v) is 16.6. The van der Waals surface area contributed by atoms with Gasteiger partial charge in [-0.05, 0) is 49.1 Å². The predicted octanol–water partition coefficient (Wildman–Crippen LogP) is 4.77. The second-order valence-corrected chi connectivity index (χ2v) is 7.21. The molecule has 0 bridgehead atoms. The van der Waals surface area contributed by atoms with E-state index in [1.54, 1.807) is 6.07 Å². The molecule has 144 valence electrons. The molecule has 1 N–H and O–H groups in total. The Morgan fingerprint density at radius 3 is 2.57 bits per heavy atom. The van der Waals surface area contributed by atoms with Crippen LogP contribution < -0.4 is 5.32 Å². The number of nitrogens with zero attached hydrogens (tertiary/aromatic N) is 1. The van der Waals surface area contributed by atoms with Gasteiger partial charge < -0.3 is 10.1 Å². The summed E-state index contributed by atoms with van der Waals surface area (Å²) in [6.07, 6.45) is 0. The molecule has 0 aliphatic heterocycles. The van der Waals surface area contributed by atoms with Gasteiger partial charge in [-0.15, -0.1) is 0 Å². The molecule has 0 fully saturated rings. The van der Waals surface area contributed by atoms with Gasteiger partial charge in [-0.3, -0.25) is 9.78 Å². The fourth-order valence-electron chi connectivity index (χ4n) is 2.93. The number of carbonyl (C=O) groups is 2. The number of nitrogens with one attached hydrogen (secondary N) is 1. The number of para-hydroxylation sites is 1. The minimum Gasteiger partial charge on any atom is -0.452 e. The van der Waals surface area contributed by atoms with E-state index in [-0.39, 0.29) is 18.4 Å². The lowest BCUT2D eigenvalue weighted by Gasteiger charge is -2.12. The maximum atomic E-state index is 12.7. The minimum atomic E-state index is -0.531. The van der Waals surface area contributed by atoms with E-state index in [4.69, 9.17) is 4.74 Å². The largest absolute Gasteiger partial charge is 0.452 e. The molecule has 0 aliphatic rings. The van der Waals surface area contributed by atoms with Crippen LogP contribution in [0.4, 0.5) is 5.69 Å². The lowest BCUT2D eigenvalue weighted by atomic mass is 10.0. The summed E-state index contributed by atoms with van der Waals surface area (Å²) in [4.78, 5) is 29.5. The van der Waals surface area contributed by atoms with Crippen molar-refractivity contribution in [3.8, 4) is 0 Å². The molecule has 3 rings (SSSR count). The summed E-state index contributed by atoms with van der Waals surface area (Å²) in [6.45, 7) is 7.56. The normalized spacial score (nSPS) is 10.9. The summed E-state index contributed by atoms with van der Waals surface area (Å²) in [5, 5.41) is 3.51. The number of aryl methyl sites for hydroxylation is 2. The van der Waals surface area contributed by atoms with Crippen molar-refractivity contribution in [3.63, 3.8) is 0 Å². The highest BCUT2D eigenvalue weighted by Crippen LogP contribution is 2.23. The first-order valence-electron chi connectivity index (χ1n) is 9.29.